The Hall–Kier alpha value is -1.91. The Bertz CT molecular complexity index is 1120. The first-order valence-electron chi connectivity index (χ1n) is 18.7. The molecule has 0 aromatic rings. The highest BCUT2D eigenvalue weighted by molar-refractivity contribution is 5.79. The molecule has 2 fully saturated rings. The van der Waals surface area contributed by atoms with Gasteiger partial charge in [-0.15, -0.1) is 0 Å². The molecule has 2 aliphatic heterocycles. The number of aliphatic hydroxyl groups excluding tert-OH is 2. The predicted octanol–water partition coefficient (Wildman–Crippen LogP) is 2.10. The molecule has 4 N–H and O–H groups in total. The Kier molecular flexibility index (Phi) is 17.2. The van der Waals surface area contributed by atoms with Crippen molar-refractivity contribution in [2.24, 2.45) is 17.8 Å². The molecule has 51 heavy (non-hydrogen) atoms. The zero-order chi connectivity index (χ0) is 39.0. The monoisotopic (exact) mass is 731 g/mol. The second-order valence-electron chi connectivity index (χ2n) is 15.4. The molecule has 0 radical (unpaired) electrons. The highest BCUT2D eigenvalue weighted by atomic mass is 16.7. The summed E-state index contributed by atoms with van der Waals surface area (Å²) in [6.45, 7) is 19.4. The number of aliphatic hydroxyl groups is 3. The van der Waals surface area contributed by atoms with Crippen LogP contribution in [0.2, 0.25) is 0 Å². The minimum atomic E-state index is -1.94. The highest BCUT2D eigenvalue weighted by Gasteiger charge is 2.52. The molecule has 0 aromatic heterocycles. The van der Waals surface area contributed by atoms with Gasteiger partial charge in [-0.05, 0) is 81.1 Å². The van der Waals surface area contributed by atoms with Crippen molar-refractivity contribution in [2.75, 3.05) is 40.8 Å². The molecule has 0 spiro atoms. The molecule has 0 saturated carbocycles. The number of cyclic esters (lactones) is 1. The zero-order valence-electron chi connectivity index (χ0n) is 33.4. The van der Waals surface area contributed by atoms with Gasteiger partial charge >= 0.3 is 11.9 Å². The molecule has 1 amide bonds. The highest BCUT2D eigenvalue weighted by Crippen LogP contribution is 2.39. The summed E-state index contributed by atoms with van der Waals surface area (Å²) in [5.74, 6) is -4.25. The van der Waals surface area contributed by atoms with Crippen molar-refractivity contribution >= 4 is 17.8 Å². The molecule has 2 aliphatic rings. The number of carbonyl (C=O) groups excluding carboxylic acids is 3. The van der Waals surface area contributed by atoms with Gasteiger partial charge in [0.25, 0.3) is 0 Å². The molecule has 0 aromatic carbocycles. The Morgan fingerprint density at radius 1 is 1.04 bits per heavy atom. The molecule has 14 nitrogen and oxygen atoms in total. The second kappa shape index (κ2) is 19.4. The van der Waals surface area contributed by atoms with E-state index in [1.165, 1.54) is 14.0 Å². The maximum absolute atomic E-state index is 14.0. The molecule has 0 aliphatic carbocycles. The van der Waals surface area contributed by atoms with Crippen LogP contribution in [0.3, 0.4) is 0 Å². The van der Waals surface area contributed by atoms with Crippen molar-refractivity contribution in [3.8, 4) is 0 Å². The fourth-order valence-electron chi connectivity index (χ4n) is 7.62. The van der Waals surface area contributed by atoms with Crippen molar-refractivity contribution in [1.82, 2.24) is 15.1 Å². The lowest BCUT2D eigenvalue weighted by Crippen LogP contribution is -2.60. The summed E-state index contributed by atoms with van der Waals surface area (Å²) in [4.78, 5) is 45.2. The van der Waals surface area contributed by atoms with Gasteiger partial charge in [-0.3, -0.25) is 14.4 Å². The van der Waals surface area contributed by atoms with Gasteiger partial charge in [0.05, 0.1) is 36.2 Å². The molecular weight excluding hydrogens is 662 g/mol. The number of hydrogen-bond donors (Lipinski definition) is 4. The number of esters is 2. The predicted molar refractivity (Wildman–Crippen MR) is 192 cm³/mol. The molecular formula is C37H69N3O11. The Morgan fingerprint density at radius 3 is 2.18 bits per heavy atom. The largest absolute Gasteiger partial charge is 0.461 e. The third-order valence-corrected chi connectivity index (χ3v) is 11.2. The van der Waals surface area contributed by atoms with Crippen molar-refractivity contribution in [3.63, 3.8) is 0 Å². The van der Waals surface area contributed by atoms with Gasteiger partial charge in [0.1, 0.15) is 30.0 Å². The number of likely N-dealkylation sites (N-methyl/N-ethyl adjacent to an activating group) is 1. The van der Waals surface area contributed by atoms with E-state index in [9.17, 15) is 29.7 Å². The van der Waals surface area contributed by atoms with Crippen LogP contribution >= 0.6 is 0 Å². The van der Waals surface area contributed by atoms with E-state index in [1.807, 2.05) is 39.8 Å². The number of carbonyl (C=O) groups is 3. The molecule has 2 heterocycles. The quantitative estimate of drug-likeness (QED) is 0.228. The van der Waals surface area contributed by atoms with Crippen LogP contribution in [0.15, 0.2) is 0 Å². The summed E-state index contributed by atoms with van der Waals surface area (Å²) >= 11 is 0. The maximum atomic E-state index is 14.0. The average molecular weight is 732 g/mol. The van der Waals surface area contributed by atoms with Crippen LogP contribution in [0, 0.1) is 17.8 Å². The second-order valence-corrected chi connectivity index (χ2v) is 15.4. The lowest BCUT2D eigenvalue weighted by molar-refractivity contribution is -0.301. The summed E-state index contributed by atoms with van der Waals surface area (Å²) < 4.78 is 31.2. The zero-order valence-corrected chi connectivity index (χ0v) is 33.4. The number of ether oxygens (including phenoxy) is 5. The van der Waals surface area contributed by atoms with E-state index >= 15 is 0 Å². The van der Waals surface area contributed by atoms with E-state index < -0.39 is 89.7 Å². The minimum Gasteiger partial charge on any atom is -0.461 e. The number of nitrogens with zero attached hydrogens (tertiary/aromatic N) is 2. The summed E-state index contributed by atoms with van der Waals surface area (Å²) in [6, 6.07) is -1.20. The molecule has 14 heteroatoms. The van der Waals surface area contributed by atoms with Crippen LogP contribution in [-0.2, 0) is 38.1 Å². The van der Waals surface area contributed by atoms with Gasteiger partial charge < -0.3 is 54.1 Å². The van der Waals surface area contributed by atoms with Crippen molar-refractivity contribution < 1.29 is 53.4 Å². The van der Waals surface area contributed by atoms with E-state index in [0.717, 1.165) is 13.1 Å². The number of methoxy groups -OCH3 is 1. The first-order chi connectivity index (χ1) is 23.7. The van der Waals surface area contributed by atoms with Crippen LogP contribution in [-0.4, -0.2) is 150 Å². The lowest BCUT2D eigenvalue weighted by Gasteiger charge is -2.48. The van der Waals surface area contributed by atoms with Crippen molar-refractivity contribution in [3.05, 3.63) is 0 Å². The summed E-state index contributed by atoms with van der Waals surface area (Å²) in [7, 11) is 5.23. The Balaban J connectivity index is 2.76. The lowest BCUT2D eigenvalue weighted by atomic mass is 9.77. The Labute approximate surface area is 305 Å². The number of nitrogens with one attached hydrogen (secondary N) is 1. The topological polar surface area (TPSA) is 177 Å². The molecule has 0 unspecified atom stereocenters. The molecule has 14 atom stereocenters. The van der Waals surface area contributed by atoms with Crippen LogP contribution in [0.25, 0.3) is 0 Å². The van der Waals surface area contributed by atoms with Gasteiger partial charge in [0.15, 0.2) is 6.29 Å². The van der Waals surface area contributed by atoms with Crippen molar-refractivity contribution in [2.45, 2.75) is 161 Å². The number of amides is 1. The first-order valence-corrected chi connectivity index (χ1v) is 18.7. The molecule has 0 bridgehead atoms. The van der Waals surface area contributed by atoms with Crippen LogP contribution in [0.1, 0.15) is 94.9 Å². The third kappa shape index (κ3) is 11.3. The summed E-state index contributed by atoms with van der Waals surface area (Å²) in [5, 5.41) is 37.1. The van der Waals surface area contributed by atoms with E-state index in [1.54, 1.807) is 41.5 Å². The number of rotatable bonds is 11. The van der Waals surface area contributed by atoms with Crippen LogP contribution < -0.4 is 5.32 Å². The normalized spacial score (nSPS) is 40.7. The summed E-state index contributed by atoms with van der Waals surface area (Å²) in [5.41, 5.74) is -3.20. The molecule has 298 valence electrons. The van der Waals surface area contributed by atoms with Gasteiger partial charge in [-0.25, -0.2) is 0 Å². The average Bonchev–Trinajstić information content (AvgIpc) is 3.08. The fourth-order valence-corrected chi connectivity index (χ4v) is 7.62. The fraction of sp³-hybridized carbons (Fsp3) is 0.919. The van der Waals surface area contributed by atoms with Gasteiger partial charge in [-0.1, -0.05) is 34.6 Å². The summed E-state index contributed by atoms with van der Waals surface area (Å²) in [6.07, 6.45) is -6.36. The van der Waals surface area contributed by atoms with Crippen LogP contribution in [0.4, 0.5) is 0 Å². The van der Waals surface area contributed by atoms with E-state index in [4.69, 9.17) is 23.7 Å². The van der Waals surface area contributed by atoms with Gasteiger partial charge in [0, 0.05) is 31.5 Å². The standard InChI is InChI=1S/C37H69N3O11/c1-14-27-37(10,46)31(43)25(8)38-33(44)21(4)20-36(9,47-13)32(51-35-29(42)26(39(11)12)19-22(5)48-35)23(6)30(24(7)34(45)49-27)50-28(41)17-18-40(15-2)16-3/h21-27,29-32,35,42-43,46H,14-20H2,1-13H3,(H,38,44)/t21-,22-,23+,24-,25-,26+,27-,29+,30+,31-,32-,35+,36-,37-/m1/s1. The number of hydrogen-bond acceptors (Lipinski definition) is 13. The van der Waals surface area contributed by atoms with E-state index in [-0.39, 0.29) is 31.4 Å². The SMILES string of the molecule is CC[C@H]1OC(=O)[C@H](C)[C@@H](OC(=O)CCN(CC)CC)[C@H](C)[C@@H](O[C@@H]2O[C@H](C)C[C@H](N(C)C)[C@@H]2O)[C@](C)(OC)C[C@@H](C)C(=O)N[C@H](C)[C@@H](O)[C@]1(C)O. The third-order valence-electron chi connectivity index (χ3n) is 11.2. The van der Waals surface area contributed by atoms with Gasteiger partial charge in [0.2, 0.25) is 5.91 Å². The first kappa shape index (κ1) is 45.2. The molecule has 2 rings (SSSR count). The molecule has 2 saturated heterocycles. The minimum absolute atomic E-state index is 0.0692. The van der Waals surface area contributed by atoms with Crippen molar-refractivity contribution in [1.29, 1.82) is 0 Å². The van der Waals surface area contributed by atoms with Gasteiger partial charge in [-0.2, -0.15) is 0 Å². The van der Waals surface area contributed by atoms with E-state index in [2.05, 4.69) is 10.2 Å². The smallest absolute Gasteiger partial charge is 0.312 e. The Morgan fingerprint density at radius 2 is 1.65 bits per heavy atom. The maximum Gasteiger partial charge on any atom is 0.312 e. The van der Waals surface area contributed by atoms with E-state index in [0.29, 0.717) is 13.0 Å². The van der Waals surface area contributed by atoms with Crippen LogP contribution in [0.5, 0.6) is 0 Å².